The van der Waals surface area contributed by atoms with E-state index in [2.05, 4.69) is 332 Å². The number of aromatic amines is 2. The number of hydrogen-bond donors (Lipinski definition) is 4. The molecule has 0 amide bonds. The molecule has 1 saturated carbocycles. The molecule has 16 bridgehead atoms. The maximum Gasteiger partial charge on any atom is 0.109 e. The van der Waals surface area contributed by atoms with Crippen molar-refractivity contribution in [3.8, 4) is 0 Å². The molecule has 15 rings (SSSR count). The van der Waals surface area contributed by atoms with E-state index in [1.807, 2.05) is 0 Å². The lowest BCUT2D eigenvalue weighted by Crippen LogP contribution is -2.43. The predicted octanol–water partition coefficient (Wildman–Crippen LogP) is 21.5. The average Bonchev–Trinajstić information content (AvgIpc) is 1.55. The lowest BCUT2D eigenvalue weighted by Gasteiger charge is -2.29. The van der Waals surface area contributed by atoms with Crippen LogP contribution >= 0.6 is 0 Å². The Morgan fingerprint density at radius 2 is 0.580 bits per heavy atom. The molecule has 1 aliphatic carbocycles. The van der Waals surface area contributed by atoms with Gasteiger partial charge in [0.1, 0.15) is 12.1 Å². The molecular weight excluding hydrogens is 1220 g/mol. The van der Waals surface area contributed by atoms with Crippen LogP contribution in [0, 0.1) is 0 Å². The lowest BCUT2D eigenvalue weighted by atomic mass is 9.78. The van der Waals surface area contributed by atoms with E-state index < -0.39 is 12.1 Å². The number of rotatable bonds is 4. The molecule has 0 saturated heterocycles. The highest BCUT2D eigenvalue weighted by molar-refractivity contribution is 6.33. The van der Waals surface area contributed by atoms with Gasteiger partial charge in [-0.2, -0.15) is 0 Å². The SMILES string of the molecule is CC(C)(C)c1cc(/C2=C3\C=C4C5=C/C6=C(\c7cc(C(C)(C)C)cc(C(C)(C)C)c7)c7ccc([nH]7)C7C=CC(=N7)/C(c7cc(C(C)(C)C)cc(C(C)(C)C)c7)=C7/C=C(C8=C/C(=C(\c9cc(C(C)(C)C)cc(C(C)(C)C)c9)c9ccc([nH]9)C9C=CC2=N9)N=C8C4N3)C(N7)C5=N6)cc(C(C)(C)C)c1. The minimum Gasteiger partial charge on any atom is -0.372 e. The molecule has 8 heteroatoms. The molecule has 8 nitrogen and oxygen atoms in total. The van der Waals surface area contributed by atoms with Crippen molar-refractivity contribution in [2.75, 3.05) is 0 Å². The van der Waals surface area contributed by atoms with E-state index in [9.17, 15) is 0 Å². The van der Waals surface area contributed by atoms with Crippen molar-refractivity contribution in [2.45, 2.75) is 234 Å². The monoisotopic (exact) mass is 1320 g/mol. The van der Waals surface area contributed by atoms with E-state index in [1.165, 1.54) is 44.5 Å². The van der Waals surface area contributed by atoms with Crippen molar-refractivity contribution in [1.29, 1.82) is 0 Å². The lowest BCUT2D eigenvalue weighted by molar-refractivity contribution is 0.567. The van der Waals surface area contributed by atoms with Crippen molar-refractivity contribution in [3.05, 3.63) is 280 Å². The quantitative estimate of drug-likeness (QED) is 0.141. The number of H-pyrrole nitrogens is 2. The normalized spacial score (nSPS) is 24.1. The fourth-order valence-corrected chi connectivity index (χ4v) is 15.5. The Hall–Kier alpha value is -8.88. The zero-order valence-electron chi connectivity index (χ0n) is 64.0. The van der Waals surface area contributed by atoms with E-state index in [-0.39, 0.29) is 55.4 Å². The highest BCUT2D eigenvalue weighted by Crippen LogP contribution is 2.51. The smallest absolute Gasteiger partial charge is 0.109 e. The van der Waals surface area contributed by atoms with Gasteiger partial charge in [-0.25, -0.2) is 9.98 Å². The van der Waals surface area contributed by atoms with Gasteiger partial charge in [0.05, 0.1) is 46.3 Å². The Morgan fingerprint density at radius 3 is 0.850 bits per heavy atom. The zero-order chi connectivity index (χ0) is 71.4. The second-order valence-corrected chi connectivity index (χ2v) is 38.0. The van der Waals surface area contributed by atoms with Crippen LogP contribution in [0.5, 0.6) is 0 Å². The first kappa shape index (κ1) is 67.0. The van der Waals surface area contributed by atoms with Crippen LogP contribution in [0.4, 0.5) is 0 Å². The van der Waals surface area contributed by atoms with Crippen molar-refractivity contribution < 1.29 is 0 Å². The molecule has 6 aromatic rings. The predicted molar refractivity (Wildman–Crippen MR) is 423 cm³/mol. The second kappa shape index (κ2) is 22.3. The first-order valence-electron chi connectivity index (χ1n) is 36.6. The molecule has 4 unspecified atom stereocenters. The maximum absolute atomic E-state index is 6.24. The summed E-state index contributed by atoms with van der Waals surface area (Å²) in [5.41, 5.74) is 34.0. The van der Waals surface area contributed by atoms with Crippen molar-refractivity contribution >= 4 is 45.1 Å². The molecule has 512 valence electrons. The molecule has 100 heavy (non-hydrogen) atoms. The van der Waals surface area contributed by atoms with Crippen molar-refractivity contribution in [3.63, 3.8) is 0 Å². The number of hydrogen-bond acceptors (Lipinski definition) is 6. The van der Waals surface area contributed by atoms with Gasteiger partial charge < -0.3 is 20.6 Å². The van der Waals surface area contributed by atoms with Gasteiger partial charge in [0.2, 0.25) is 0 Å². The van der Waals surface area contributed by atoms with Crippen molar-refractivity contribution in [1.82, 2.24) is 20.6 Å². The Kier molecular flexibility index (Phi) is 14.9. The highest BCUT2D eigenvalue weighted by Gasteiger charge is 2.47. The summed E-state index contributed by atoms with van der Waals surface area (Å²) in [5.74, 6) is 0. The number of allylic oxidation sites excluding steroid dienone is 8. The van der Waals surface area contributed by atoms with E-state index >= 15 is 0 Å². The highest BCUT2D eigenvalue weighted by atomic mass is 15.1. The summed E-state index contributed by atoms with van der Waals surface area (Å²) < 4.78 is 0. The number of aliphatic imine (C=N–C) groups is 4. The standard InChI is InChI=1S/C92H104N8/c1-85(2,3)53-33-49(34-54(41-53)86(4,5)6)77-69-29-25-65(93-69)66-26-30-70(94-66)78(50-35-55(87(7,8)9)42-56(36-50)88(10,11)12)75-47-63-64-48-76-80(52-39-59(91(19,20)21)44-60(40-52)92(22,23)24)72-32-28-68(96-72)67-27-31-71(95-67)79(51-37-57(89(13,14)15)43-58(38-51)90(16,17)18)74-46-62(83(99-74)84(64)100-76)61-45-73(77)97-81(61)82(63)98-75/h25-48,65,68,81,84,94-95,97,100H,1-24H3/b77-73-,78-75-,79-74-,80-76-. The molecule has 10 heterocycles. The van der Waals surface area contributed by atoms with Gasteiger partial charge >= 0.3 is 0 Å². The molecule has 0 spiro atoms. The summed E-state index contributed by atoms with van der Waals surface area (Å²) in [7, 11) is 0. The van der Waals surface area contributed by atoms with Crippen LogP contribution in [0.25, 0.3) is 22.3 Å². The third-order valence-corrected chi connectivity index (χ3v) is 22.0. The number of benzene rings is 4. The van der Waals surface area contributed by atoms with Crippen LogP contribution in [0.2, 0.25) is 0 Å². The molecule has 4 N–H and O–H groups in total. The summed E-state index contributed by atoms with van der Waals surface area (Å²) in [6.07, 6.45) is 18.9. The van der Waals surface area contributed by atoms with Gasteiger partial charge in [0.25, 0.3) is 0 Å². The number of nitrogens with one attached hydrogen (secondary N) is 4. The van der Waals surface area contributed by atoms with E-state index in [1.54, 1.807) is 0 Å². The Morgan fingerprint density at radius 1 is 0.310 bits per heavy atom. The van der Waals surface area contributed by atoms with Crippen LogP contribution in [0.15, 0.2) is 211 Å². The fourth-order valence-electron chi connectivity index (χ4n) is 15.5. The van der Waals surface area contributed by atoms with Gasteiger partial charge in [-0.3, -0.25) is 9.98 Å². The topological polar surface area (TPSA) is 105 Å². The molecule has 8 aliphatic heterocycles. The van der Waals surface area contributed by atoms with Crippen LogP contribution in [-0.4, -0.2) is 44.9 Å². The molecule has 9 aliphatic rings. The summed E-state index contributed by atoms with van der Waals surface area (Å²) in [5, 5.41) is 8.78. The van der Waals surface area contributed by atoms with Crippen LogP contribution in [-0.2, 0) is 43.3 Å². The second-order valence-electron chi connectivity index (χ2n) is 38.0. The van der Waals surface area contributed by atoms with Gasteiger partial charge in [-0.1, -0.05) is 251 Å². The largest absolute Gasteiger partial charge is 0.372 e. The minimum absolute atomic E-state index is 0.137. The first-order valence-corrected chi connectivity index (χ1v) is 36.6. The fraction of sp³-hybridized carbons (Fsp3) is 0.391. The van der Waals surface area contributed by atoms with E-state index in [0.717, 1.165) is 135 Å². The summed E-state index contributed by atoms with van der Waals surface area (Å²) in [6, 6.07) is 36.9. The maximum atomic E-state index is 6.24. The van der Waals surface area contributed by atoms with Gasteiger partial charge in [0.15, 0.2) is 0 Å². The zero-order valence-corrected chi connectivity index (χ0v) is 64.0. The van der Waals surface area contributed by atoms with Crippen LogP contribution in [0.1, 0.15) is 268 Å². The summed E-state index contributed by atoms with van der Waals surface area (Å²) in [6.45, 7) is 56.0. The van der Waals surface area contributed by atoms with Gasteiger partial charge in [0, 0.05) is 67.6 Å². The first-order chi connectivity index (χ1) is 46.5. The van der Waals surface area contributed by atoms with Crippen molar-refractivity contribution in [2.24, 2.45) is 20.0 Å². The Bertz CT molecular complexity index is 4600. The molecule has 4 aromatic carbocycles. The molecule has 1 fully saturated rings. The van der Waals surface area contributed by atoms with E-state index in [0.29, 0.717) is 0 Å². The molecular formula is C92H104N8. The Balaban J connectivity index is 1.11. The Labute approximate surface area is 596 Å². The van der Waals surface area contributed by atoms with E-state index in [4.69, 9.17) is 20.0 Å². The van der Waals surface area contributed by atoms with Gasteiger partial charge in [-0.15, -0.1) is 0 Å². The third-order valence-electron chi connectivity index (χ3n) is 22.0. The summed E-state index contributed by atoms with van der Waals surface area (Å²) in [4.78, 5) is 32.2. The van der Waals surface area contributed by atoms with Gasteiger partial charge in [-0.05, 0) is 182 Å². The minimum atomic E-state index is -0.431. The van der Waals surface area contributed by atoms with Crippen LogP contribution < -0.4 is 10.6 Å². The average molecular weight is 1320 g/mol. The molecule has 4 atom stereocenters. The number of fused-ring (bicyclic) bond motifs is 14. The molecule has 2 aromatic heterocycles. The molecule has 0 radical (unpaired) electrons. The number of nitrogens with zero attached hydrogens (tertiary/aromatic N) is 4. The summed E-state index contributed by atoms with van der Waals surface area (Å²) >= 11 is 0. The number of aromatic nitrogens is 2. The van der Waals surface area contributed by atoms with Crippen LogP contribution in [0.3, 0.4) is 0 Å². The third kappa shape index (κ3) is 11.7.